The van der Waals surface area contributed by atoms with Crippen molar-refractivity contribution in [2.24, 2.45) is 4.99 Å². The number of hydrogen-bond acceptors (Lipinski definition) is 1. The summed E-state index contributed by atoms with van der Waals surface area (Å²) in [6, 6.07) is 0. The molecule has 1 nitrogen and oxygen atoms in total. The zero-order chi connectivity index (χ0) is 5.98. The SMILES string of the molecule is ClC1=NC=CC(Cl)=I1. The molecule has 0 N–H and O–H groups in total. The zero-order valence-electron chi connectivity index (χ0n) is 3.74. The molecule has 4 heteroatoms. The number of halogens is 3. The molecule has 0 saturated heterocycles. The van der Waals surface area contributed by atoms with Crippen LogP contribution < -0.4 is 0 Å². The maximum absolute atomic E-state index is 5.62. The second-order valence-electron chi connectivity index (χ2n) is 1.07. The van der Waals surface area contributed by atoms with Crippen molar-refractivity contribution in [3.63, 3.8) is 0 Å². The molecule has 1 aliphatic rings. The van der Waals surface area contributed by atoms with Crippen LogP contribution in [-0.2, 0) is 0 Å². The molecule has 0 saturated carbocycles. The van der Waals surface area contributed by atoms with E-state index in [1.807, 2.05) is 0 Å². The van der Waals surface area contributed by atoms with Crippen LogP contribution in [0.1, 0.15) is 0 Å². The molecule has 0 aromatic carbocycles. The van der Waals surface area contributed by atoms with Crippen molar-refractivity contribution in [2.45, 2.75) is 0 Å². The molecule has 0 aromatic rings. The predicted molar refractivity (Wildman–Crippen MR) is 47.3 cm³/mol. The van der Waals surface area contributed by atoms with E-state index in [1.165, 1.54) is 0 Å². The van der Waals surface area contributed by atoms with Gasteiger partial charge in [0.25, 0.3) is 0 Å². The Hall–Kier alpha value is 0.590. The highest BCUT2D eigenvalue weighted by Crippen LogP contribution is 2.15. The second-order valence-corrected chi connectivity index (χ2v) is 5.83. The van der Waals surface area contributed by atoms with E-state index in [0.29, 0.717) is 3.18 Å². The third-order valence-corrected chi connectivity index (χ3v) is 3.32. The molecular formula is C4H2Cl2IN. The van der Waals surface area contributed by atoms with E-state index in [-0.39, 0.29) is 20.7 Å². The van der Waals surface area contributed by atoms with Gasteiger partial charge in [-0.3, -0.25) is 0 Å². The van der Waals surface area contributed by atoms with Crippen molar-refractivity contribution in [3.05, 3.63) is 12.3 Å². The molecule has 1 heterocycles. The Labute approximate surface area is 67.1 Å². The van der Waals surface area contributed by atoms with Crippen molar-refractivity contribution < 1.29 is 0 Å². The van der Waals surface area contributed by atoms with Gasteiger partial charge < -0.3 is 0 Å². The highest BCUT2D eigenvalue weighted by molar-refractivity contribution is 14.2. The van der Waals surface area contributed by atoms with Gasteiger partial charge in [-0.2, -0.15) is 0 Å². The summed E-state index contributed by atoms with van der Waals surface area (Å²) in [6.07, 6.45) is 3.40. The summed E-state index contributed by atoms with van der Waals surface area (Å²) in [7, 11) is 0. The van der Waals surface area contributed by atoms with E-state index in [2.05, 4.69) is 4.99 Å². The Morgan fingerprint density at radius 1 is 1.50 bits per heavy atom. The lowest BCUT2D eigenvalue weighted by atomic mass is 10.7. The van der Waals surface area contributed by atoms with Crippen molar-refractivity contribution in [3.8, 4) is 0 Å². The molecule has 0 spiro atoms. The van der Waals surface area contributed by atoms with Gasteiger partial charge in [0.15, 0.2) is 3.18 Å². The highest BCUT2D eigenvalue weighted by Gasteiger charge is 1.94. The summed E-state index contributed by atoms with van der Waals surface area (Å²) in [5, 5.41) is 0. The van der Waals surface area contributed by atoms with E-state index in [0.717, 1.165) is 2.97 Å². The van der Waals surface area contributed by atoms with Gasteiger partial charge in [-0.15, -0.1) is 0 Å². The minimum atomic E-state index is -0.300. The van der Waals surface area contributed by atoms with Crippen LogP contribution in [0, 0.1) is 0 Å². The van der Waals surface area contributed by atoms with Crippen molar-refractivity contribution in [1.82, 2.24) is 0 Å². The van der Waals surface area contributed by atoms with Crippen LogP contribution in [0.25, 0.3) is 0 Å². The lowest BCUT2D eigenvalue weighted by molar-refractivity contribution is 1.63. The Morgan fingerprint density at radius 2 is 2.25 bits per heavy atom. The predicted octanol–water partition coefficient (Wildman–Crippen LogP) is 2.45. The van der Waals surface area contributed by atoms with E-state index in [4.69, 9.17) is 23.2 Å². The van der Waals surface area contributed by atoms with Gasteiger partial charge in [-0.05, 0) is 26.8 Å². The highest BCUT2D eigenvalue weighted by atomic mass is 127. The average Bonchev–Trinajstić information content (AvgIpc) is 1.64. The summed E-state index contributed by atoms with van der Waals surface area (Å²) in [5.41, 5.74) is 0. The number of allylic oxidation sites excluding steroid dienone is 1. The molecule has 0 aromatic heterocycles. The lowest BCUT2D eigenvalue weighted by Gasteiger charge is -1.91. The van der Waals surface area contributed by atoms with Gasteiger partial charge >= 0.3 is 0 Å². The van der Waals surface area contributed by atoms with E-state index >= 15 is 0 Å². The minimum Gasteiger partial charge on any atom is -0.238 e. The first-order valence-corrected chi connectivity index (χ1v) is 4.77. The Bertz CT molecular complexity index is 180. The summed E-state index contributed by atoms with van der Waals surface area (Å²) in [5.74, 6) is 0. The maximum atomic E-state index is 5.62. The molecule has 0 atom stereocenters. The Morgan fingerprint density at radius 3 is 2.62 bits per heavy atom. The molecule has 0 amide bonds. The van der Waals surface area contributed by atoms with Gasteiger partial charge in [0, 0.05) is 6.20 Å². The smallest absolute Gasteiger partial charge is 0.162 e. The summed E-state index contributed by atoms with van der Waals surface area (Å²) >= 11 is 10.9. The van der Waals surface area contributed by atoms with E-state index < -0.39 is 0 Å². The molecule has 0 bridgehead atoms. The number of hydrogen-bond donors (Lipinski definition) is 0. The maximum Gasteiger partial charge on any atom is 0.162 e. The Kier molecular flexibility index (Phi) is 2.46. The molecule has 1 aliphatic heterocycles. The molecule has 0 radical (unpaired) electrons. The number of rotatable bonds is 0. The van der Waals surface area contributed by atoms with Crippen LogP contribution >= 0.6 is 43.9 Å². The molecule has 0 fully saturated rings. The van der Waals surface area contributed by atoms with Gasteiger partial charge in [-0.1, -0.05) is 23.2 Å². The standard InChI is InChI=1S/C4H2Cl2IN/c5-3-1-2-8-4(6)7-3/h1-2H. The fourth-order valence-electron chi connectivity index (χ4n) is 0.280. The van der Waals surface area contributed by atoms with Gasteiger partial charge in [-0.25, -0.2) is 4.99 Å². The minimum absolute atomic E-state index is 0.300. The normalized spacial score (nSPS) is 18.8. The number of nitrogens with zero attached hydrogens (tertiary/aromatic N) is 1. The van der Waals surface area contributed by atoms with Crippen LogP contribution in [-0.4, -0.2) is 6.15 Å². The van der Waals surface area contributed by atoms with Gasteiger partial charge in [0.1, 0.15) is 0 Å². The molecule has 44 valence electrons. The van der Waals surface area contributed by atoms with Gasteiger partial charge in [0.2, 0.25) is 0 Å². The largest absolute Gasteiger partial charge is 0.238 e. The third-order valence-electron chi connectivity index (χ3n) is 0.541. The van der Waals surface area contributed by atoms with Crippen LogP contribution in [0.2, 0.25) is 0 Å². The lowest BCUT2D eigenvalue weighted by Crippen LogP contribution is -1.81. The summed E-state index contributed by atoms with van der Waals surface area (Å²) < 4.78 is 1.51. The fraction of sp³-hybridized carbons (Fsp3) is 0. The van der Waals surface area contributed by atoms with Crippen LogP contribution in [0.15, 0.2) is 17.3 Å². The average molecular weight is 262 g/mol. The first-order chi connectivity index (χ1) is 3.79. The molecule has 1 rings (SSSR count). The molecular weight excluding hydrogens is 260 g/mol. The summed E-state index contributed by atoms with van der Waals surface area (Å²) in [4.78, 5) is 3.83. The van der Waals surface area contributed by atoms with E-state index in [1.54, 1.807) is 12.3 Å². The van der Waals surface area contributed by atoms with Gasteiger partial charge in [0.05, 0.1) is 2.97 Å². The number of aliphatic imine (C=N–C) groups is 1. The first-order valence-electron chi connectivity index (χ1n) is 1.86. The van der Waals surface area contributed by atoms with Crippen molar-refractivity contribution in [2.75, 3.05) is 0 Å². The quantitative estimate of drug-likeness (QED) is 0.594. The van der Waals surface area contributed by atoms with Crippen LogP contribution in [0.3, 0.4) is 0 Å². The fourth-order valence-corrected chi connectivity index (χ4v) is 2.67. The molecule has 0 aliphatic carbocycles. The third kappa shape index (κ3) is 1.84. The molecule has 0 unspecified atom stereocenters. The topological polar surface area (TPSA) is 12.4 Å². The van der Waals surface area contributed by atoms with Crippen LogP contribution in [0.5, 0.6) is 0 Å². The van der Waals surface area contributed by atoms with Crippen molar-refractivity contribution >= 4 is 50.1 Å². The second kappa shape index (κ2) is 2.94. The van der Waals surface area contributed by atoms with Crippen LogP contribution in [0.4, 0.5) is 0 Å². The Balaban J connectivity index is 2.89. The zero-order valence-corrected chi connectivity index (χ0v) is 7.41. The first kappa shape index (κ1) is 6.71. The van der Waals surface area contributed by atoms with E-state index in [9.17, 15) is 0 Å². The van der Waals surface area contributed by atoms with Crippen molar-refractivity contribution in [1.29, 1.82) is 0 Å². The monoisotopic (exact) mass is 261 g/mol. The molecule has 8 heavy (non-hydrogen) atoms. The summed E-state index contributed by atoms with van der Waals surface area (Å²) in [6.45, 7) is 0.